The van der Waals surface area contributed by atoms with Crippen molar-refractivity contribution in [1.29, 1.82) is 10.8 Å². The standard InChI is InChI=1S/C21H18N6/c22-20(23)13-3-1-12(2-4-13)14-5-6-15-10-19(27-17(15)9-14)18-11-16(21(24)25)7-8-26-18/h1-11,27H,(H3,22,23)(H3,24,25). The molecule has 0 unspecified atom stereocenters. The fourth-order valence-electron chi connectivity index (χ4n) is 3.03. The van der Waals surface area contributed by atoms with Crippen LogP contribution in [0.4, 0.5) is 0 Å². The molecule has 0 spiro atoms. The van der Waals surface area contributed by atoms with E-state index in [1.54, 1.807) is 18.3 Å². The number of H-pyrrole nitrogens is 1. The van der Waals surface area contributed by atoms with Crippen molar-refractivity contribution in [3.05, 3.63) is 78.0 Å². The Morgan fingerprint density at radius 2 is 1.48 bits per heavy atom. The van der Waals surface area contributed by atoms with E-state index in [4.69, 9.17) is 22.3 Å². The van der Waals surface area contributed by atoms with E-state index >= 15 is 0 Å². The number of nitrogen functional groups attached to an aromatic ring is 2. The molecular formula is C21H18N6. The predicted molar refractivity (Wildman–Crippen MR) is 109 cm³/mol. The van der Waals surface area contributed by atoms with Gasteiger partial charge in [0.15, 0.2) is 0 Å². The maximum absolute atomic E-state index is 7.59. The number of nitrogens with one attached hydrogen (secondary N) is 3. The molecule has 7 N–H and O–H groups in total. The Hall–Kier alpha value is -3.93. The van der Waals surface area contributed by atoms with Crippen LogP contribution in [0.2, 0.25) is 0 Å². The summed E-state index contributed by atoms with van der Waals surface area (Å²) >= 11 is 0. The second kappa shape index (κ2) is 6.42. The van der Waals surface area contributed by atoms with E-state index in [-0.39, 0.29) is 11.7 Å². The number of nitrogens with two attached hydrogens (primary N) is 2. The predicted octanol–water partition coefficient (Wildman–Crippen LogP) is 3.47. The molecule has 0 atom stereocenters. The van der Waals surface area contributed by atoms with Gasteiger partial charge in [0.25, 0.3) is 0 Å². The number of rotatable bonds is 4. The summed E-state index contributed by atoms with van der Waals surface area (Å²) in [5.41, 5.74) is 17.2. The first-order chi connectivity index (χ1) is 13.0. The first-order valence-electron chi connectivity index (χ1n) is 8.40. The van der Waals surface area contributed by atoms with Crippen LogP contribution >= 0.6 is 0 Å². The van der Waals surface area contributed by atoms with E-state index in [1.807, 2.05) is 30.3 Å². The van der Waals surface area contributed by atoms with Crippen LogP contribution in [0.25, 0.3) is 33.4 Å². The number of benzene rings is 2. The van der Waals surface area contributed by atoms with Gasteiger partial charge in [0.2, 0.25) is 0 Å². The number of pyridine rings is 1. The lowest BCUT2D eigenvalue weighted by Gasteiger charge is -2.04. The van der Waals surface area contributed by atoms with E-state index in [2.05, 4.69) is 28.2 Å². The Kier molecular flexibility index (Phi) is 3.93. The Bertz CT molecular complexity index is 1170. The zero-order valence-corrected chi connectivity index (χ0v) is 14.5. The van der Waals surface area contributed by atoms with Crippen molar-refractivity contribution in [2.24, 2.45) is 11.5 Å². The highest BCUT2D eigenvalue weighted by Crippen LogP contribution is 2.28. The summed E-state index contributed by atoms with van der Waals surface area (Å²) in [6.07, 6.45) is 1.65. The molecule has 2 aromatic carbocycles. The average Bonchev–Trinajstić information content (AvgIpc) is 3.11. The van der Waals surface area contributed by atoms with Crippen LogP contribution in [-0.2, 0) is 0 Å². The molecule has 0 saturated carbocycles. The Labute approximate surface area is 155 Å². The molecule has 0 bridgehead atoms. The van der Waals surface area contributed by atoms with Crippen molar-refractivity contribution in [2.45, 2.75) is 0 Å². The molecule has 0 aliphatic carbocycles. The molecule has 6 heteroatoms. The number of fused-ring (bicyclic) bond motifs is 1. The van der Waals surface area contributed by atoms with Crippen molar-refractivity contribution in [1.82, 2.24) is 9.97 Å². The highest BCUT2D eigenvalue weighted by atomic mass is 14.8. The van der Waals surface area contributed by atoms with Gasteiger partial charge in [-0.3, -0.25) is 15.8 Å². The van der Waals surface area contributed by atoms with Gasteiger partial charge in [0.05, 0.1) is 11.4 Å². The van der Waals surface area contributed by atoms with Crippen molar-refractivity contribution in [3.63, 3.8) is 0 Å². The minimum Gasteiger partial charge on any atom is -0.384 e. The quantitative estimate of drug-likeness (QED) is 0.284. The normalized spacial score (nSPS) is 10.8. The SMILES string of the molecule is N=C(N)c1ccc(-c2ccc3cc(-c4cc(C(=N)N)ccn4)[nH]c3c2)cc1. The molecule has 0 aliphatic rings. The molecule has 132 valence electrons. The lowest BCUT2D eigenvalue weighted by Crippen LogP contribution is -2.11. The molecule has 0 saturated heterocycles. The maximum atomic E-state index is 7.59. The van der Waals surface area contributed by atoms with Crippen molar-refractivity contribution >= 4 is 22.6 Å². The molecule has 4 rings (SSSR count). The summed E-state index contributed by atoms with van der Waals surface area (Å²) in [5.74, 6) is 0.0809. The molecule has 2 aromatic heterocycles. The Morgan fingerprint density at radius 3 is 2.19 bits per heavy atom. The van der Waals surface area contributed by atoms with Crippen LogP contribution in [0.15, 0.2) is 66.9 Å². The minimum absolute atomic E-state index is 0.0195. The van der Waals surface area contributed by atoms with Crippen LogP contribution in [0, 0.1) is 10.8 Å². The third-order valence-electron chi connectivity index (χ3n) is 4.50. The lowest BCUT2D eigenvalue weighted by atomic mass is 10.0. The largest absolute Gasteiger partial charge is 0.384 e. The monoisotopic (exact) mass is 354 g/mol. The first kappa shape index (κ1) is 16.5. The molecular weight excluding hydrogens is 336 g/mol. The highest BCUT2D eigenvalue weighted by Gasteiger charge is 2.08. The molecule has 6 nitrogen and oxygen atoms in total. The first-order valence-corrected chi connectivity index (χ1v) is 8.40. The zero-order valence-electron chi connectivity index (χ0n) is 14.5. The summed E-state index contributed by atoms with van der Waals surface area (Å²) in [6, 6.07) is 19.4. The third kappa shape index (κ3) is 3.16. The second-order valence-electron chi connectivity index (χ2n) is 6.32. The van der Waals surface area contributed by atoms with Crippen LogP contribution < -0.4 is 11.5 Å². The minimum atomic E-state index is 0.0195. The number of amidine groups is 2. The summed E-state index contributed by atoms with van der Waals surface area (Å²) in [4.78, 5) is 7.77. The van der Waals surface area contributed by atoms with Gasteiger partial charge in [-0.1, -0.05) is 36.4 Å². The number of aromatic nitrogens is 2. The topological polar surface area (TPSA) is 128 Å². The van der Waals surface area contributed by atoms with Gasteiger partial charge in [-0.15, -0.1) is 0 Å². The average molecular weight is 354 g/mol. The molecule has 4 aromatic rings. The summed E-state index contributed by atoms with van der Waals surface area (Å²) in [7, 11) is 0. The summed E-state index contributed by atoms with van der Waals surface area (Å²) in [5, 5.41) is 16.1. The van der Waals surface area contributed by atoms with E-state index in [0.29, 0.717) is 11.1 Å². The van der Waals surface area contributed by atoms with Gasteiger partial charge in [0, 0.05) is 28.2 Å². The van der Waals surface area contributed by atoms with E-state index in [9.17, 15) is 0 Å². The zero-order chi connectivity index (χ0) is 19.0. The highest BCUT2D eigenvalue weighted by molar-refractivity contribution is 5.97. The smallest absolute Gasteiger partial charge is 0.122 e. The lowest BCUT2D eigenvalue weighted by molar-refractivity contribution is 1.28. The van der Waals surface area contributed by atoms with Crippen molar-refractivity contribution < 1.29 is 0 Å². The van der Waals surface area contributed by atoms with Crippen LogP contribution in [0.1, 0.15) is 11.1 Å². The number of hydrogen-bond acceptors (Lipinski definition) is 3. The molecule has 0 amide bonds. The van der Waals surface area contributed by atoms with Crippen LogP contribution in [-0.4, -0.2) is 21.6 Å². The van der Waals surface area contributed by atoms with Gasteiger partial charge in [-0.25, -0.2) is 0 Å². The number of nitrogens with zero attached hydrogens (tertiary/aromatic N) is 1. The number of aromatic amines is 1. The molecule has 0 aliphatic heterocycles. The van der Waals surface area contributed by atoms with Crippen LogP contribution in [0.5, 0.6) is 0 Å². The Balaban J connectivity index is 1.72. The Morgan fingerprint density at radius 1 is 0.778 bits per heavy atom. The molecule has 0 fully saturated rings. The van der Waals surface area contributed by atoms with E-state index < -0.39 is 0 Å². The molecule has 27 heavy (non-hydrogen) atoms. The van der Waals surface area contributed by atoms with Crippen molar-refractivity contribution in [2.75, 3.05) is 0 Å². The second-order valence-corrected chi connectivity index (χ2v) is 6.32. The van der Waals surface area contributed by atoms with Crippen LogP contribution in [0.3, 0.4) is 0 Å². The van der Waals surface area contributed by atoms with Crippen molar-refractivity contribution in [3.8, 4) is 22.5 Å². The van der Waals surface area contributed by atoms with Gasteiger partial charge in [0.1, 0.15) is 11.7 Å². The van der Waals surface area contributed by atoms with Gasteiger partial charge in [-0.2, -0.15) is 0 Å². The van der Waals surface area contributed by atoms with Gasteiger partial charge < -0.3 is 16.5 Å². The molecule has 2 heterocycles. The van der Waals surface area contributed by atoms with E-state index in [1.165, 1.54) is 0 Å². The van der Waals surface area contributed by atoms with E-state index in [0.717, 1.165) is 33.4 Å². The fraction of sp³-hybridized carbons (Fsp3) is 0. The molecule has 0 radical (unpaired) electrons. The number of hydrogen-bond donors (Lipinski definition) is 5. The third-order valence-corrected chi connectivity index (χ3v) is 4.50. The van der Waals surface area contributed by atoms with Gasteiger partial charge in [-0.05, 0) is 35.4 Å². The fourth-order valence-corrected chi connectivity index (χ4v) is 3.03. The summed E-state index contributed by atoms with van der Waals surface area (Å²) in [6.45, 7) is 0. The van der Waals surface area contributed by atoms with Gasteiger partial charge >= 0.3 is 0 Å². The summed E-state index contributed by atoms with van der Waals surface area (Å²) < 4.78 is 0. The maximum Gasteiger partial charge on any atom is 0.122 e.